The monoisotopic (exact) mass is 409 g/mol. The Kier molecular flexibility index (Phi) is 6.72. The first-order valence-corrected chi connectivity index (χ1v) is 10.0. The molecule has 3 N–H and O–H groups in total. The summed E-state index contributed by atoms with van der Waals surface area (Å²) in [7, 11) is 0. The molecule has 3 rings (SSSR count). The fraction of sp³-hybridized carbons (Fsp3) is 0.348. The number of benzene rings is 2. The number of aryl methyl sites for hydroxylation is 2. The van der Waals surface area contributed by atoms with Crippen molar-refractivity contribution < 1.29 is 19.1 Å². The number of primary amides is 1. The molecule has 0 radical (unpaired) electrons. The fourth-order valence-corrected chi connectivity index (χ4v) is 3.51. The number of rotatable bonds is 6. The smallest absolute Gasteiger partial charge is 0.262 e. The molecular formula is C23H27N3O4. The van der Waals surface area contributed by atoms with E-state index in [2.05, 4.69) is 5.32 Å². The van der Waals surface area contributed by atoms with Gasteiger partial charge in [-0.1, -0.05) is 24.3 Å². The minimum Gasteiger partial charge on any atom is -0.483 e. The largest absolute Gasteiger partial charge is 0.483 e. The van der Waals surface area contributed by atoms with Crippen LogP contribution in [0.25, 0.3) is 0 Å². The number of amides is 3. The van der Waals surface area contributed by atoms with Crippen LogP contribution in [0.15, 0.2) is 42.5 Å². The summed E-state index contributed by atoms with van der Waals surface area (Å²) in [4.78, 5) is 38.4. The molecule has 30 heavy (non-hydrogen) atoms. The Morgan fingerprint density at radius 3 is 2.50 bits per heavy atom. The lowest BCUT2D eigenvalue weighted by Crippen LogP contribution is -2.42. The van der Waals surface area contributed by atoms with Crippen molar-refractivity contribution in [2.45, 2.75) is 26.7 Å². The lowest BCUT2D eigenvalue weighted by atomic mass is 9.95. The van der Waals surface area contributed by atoms with Crippen molar-refractivity contribution in [3.63, 3.8) is 0 Å². The van der Waals surface area contributed by atoms with E-state index in [1.165, 1.54) is 0 Å². The SMILES string of the molecule is Cc1ccc(C)c(OCC(=O)Nc2ccccc2C(=O)N2CCC(C(N)=O)CC2)c1. The maximum Gasteiger partial charge on any atom is 0.262 e. The molecular weight excluding hydrogens is 382 g/mol. The minimum absolute atomic E-state index is 0.156. The molecule has 0 bridgehead atoms. The maximum atomic E-state index is 13.0. The van der Waals surface area contributed by atoms with E-state index in [1.807, 2.05) is 32.0 Å². The van der Waals surface area contributed by atoms with Crippen LogP contribution >= 0.6 is 0 Å². The summed E-state index contributed by atoms with van der Waals surface area (Å²) in [6, 6.07) is 12.7. The van der Waals surface area contributed by atoms with Gasteiger partial charge in [0, 0.05) is 19.0 Å². The molecule has 1 aliphatic heterocycles. The number of nitrogens with zero attached hydrogens (tertiary/aromatic N) is 1. The van der Waals surface area contributed by atoms with Crippen molar-refractivity contribution in [3.8, 4) is 5.75 Å². The van der Waals surface area contributed by atoms with Crippen molar-refractivity contribution in [1.82, 2.24) is 4.90 Å². The van der Waals surface area contributed by atoms with E-state index >= 15 is 0 Å². The van der Waals surface area contributed by atoms with Crippen molar-refractivity contribution >= 4 is 23.4 Å². The Morgan fingerprint density at radius 2 is 1.80 bits per heavy atom. The first-order valence-electron chi connectivity index (χ1n) is 10.0. The average Bonchev–Trinajstić information content (AvgIpc) is 2.74. The number of para-hydroxylation sites is 1. The summed E-state index contributed by atoms with van der Waals surface area (Å²) >= 11 is 0. The molecule has 7 heteroatoms. The minimum atomic E-state index is -0.344. The predicted octanol–water partition coefficient (Wildman–Crippen LogP) is 2.66. The first kappa shape index (κ1) is 21.4. The zero-order chi connectivity index (χ0) is 21.7. The number of hydrogen-bond donors (Lipinski definition) is 2. The van der Waals surface area contributed by atoms with Crippen LogP contribution in [0.1, 0.15) is 34.3 Å². The highest BCUT2D eigenvalue weighted by Crippen LogP contribution is 2.23. The Bertz CT molecular complexity index is 949. The van der Waals surface area contributed by atoms with Gasteiger partial charge in [0.1, 0.15) is 5.75 Å². The van der Waals surface area contributed by atoms with Crippen LogP contribution in [-0.4, -0.2) is 42.3 Å². The molecule has 0 spiro atoms. The normalized spacial score (nSPS) is 14.3. The summed E-state index contributed by atoms with van der Waals surface area (Å²) in [5.74, 6) is -0.371. The Hall–Kier alpha value is -3.35. The van der Waals surface area contributed by atoms with E-state index in [4.69, 9.17) is 10.5 Å². The number of carbonyl (C=O) groups excluding carboxylic acids is 3. The number of ether oxygens (including phenoxy) is 1. The van der Waals surface area contributed by atoms with Crippen LogP contribution in [0.4, 0.5) is 5.69 Å². The third-order valence-corrected chi connectivity index (χ3v) is 5.32. The molecule has 0 unspecified atom stereocenters. The van der Waals surface area contributed by atoms with Crippen LogP contribution in [0.2, 0.25) is 0 Å². The van der Waals surface area contributed by atoms with Crippen LogP contribution in [0.3, 0.4) is 0 Å². The van der Waals surface area contributed by atoms with Gasteiger partial charge in [-0.05, 0) is 56.0 Å². The molecule has 0 aliphatic carbocycles. The van der Waals surface area contributed by atoms with Gasteiger partial charge >= 0.3 is 0 Å². The highest BCUT2D eigenvalue weighted by atomic mass is 16.5. The third-order valence-electron chi connectivity index (χ3n) is 5.32. The van der Waals surface area contributed by atoms with Crippen molar-refractivity contribution in [2.24, 2.45) is 11.7 Å². The van der Waals surface area contributed by atoms with Crippen molar-refractivity contribution in [3.05, 3.63) is 59.2 Å². The standard InChI is InChI=1S/C23H27N3O4/c1-15-7-8-16(2)20(13-15)30-14-21(27)25-19-6-4-3-5-18(19)23(29)26-11-9-17(10-12-26)22(24)28/h3-8,13,17H,9-12,14H2,1-2H3,(H2,24,28)(H,25,27). The van der Waals surface area contributed by atoms with Gasteiger partial charge in [0.2, 0.25) is 5.91 Å². The molecule has 2 aromatic rings. The van der Waals surface area contributed by atoms with Crippen LogP contribution < -0.4 is 15.8 Å². The summed E-state index contributed by atoms with van der Waals surface area (Å²) in [5.41, 5.74) is 8.21. The van der Waals surface area contributed by atoms with Crippen LogP contribution in [0, 0.1) is 19.8 Å². The molecule has 3 amide bonds. The highest BCUT2D eigenvalue weighted by Gasteiger charge is 2.27. The molecule has 1 saturated heterocycles. The van der Waals surface area contributed by atoms with Gasteiger partial charge in [-0.25, -0.2) is 0 Å². The molecule has 1 aliphatic rings. The molecule has 158 valence electrons. The van der Waals surface area contributed by atoms with E-state index in [9.17, 15) is 14.4 Å². The fourth-order valence-electron chi connectivity index (χ4n) is 3.51. The molecule has 0 saturated carbocycles. The molecule has 0 aromatic heterocycles. The predicted molar refractivity (Wildman–Crippen MR) is 114 cm³/mol. The first-order chi connectivity index (χ1) is 14.3. The maximum absolute atomic E-state index is 13.0. The summed E-state index contributed by atoms with van der Waals surface area (Å²) in [5, 5.41) is 2.78. The zero-order valence-electron chi connectivity index (χ0n) is 17.3. The number of hydrogen-bond acceptors (Lipinski definition) is 4. The van der Waals surface area contributed by atoms with Gasteiger partial charge in [0.15, 0.2) is 6.61 Å². The summed E-state index contributed by atoms with van der Waals surface area (Å²) in [6.07, 6.45) is 1.11. The van der Waals surface area contributed by atoms with E-state index < -0.39 is 0 Å². The lowest BCUT2D eigenvalue weighted by molar-refractivity contribution is -0.123. The van der Waals surface area contributed by atoms with Gasteiger partial charge in [0.25, 0.3) is 11.8 Å². The third kappa shape index (κ3) is 5.17. The van der Waals surface area contributed by atoms with Crippen LogP contribution in [-0.2, 0) is 9.59 Å². The van der Waals surface area contributed by atoms with Gasteiger partial charge in [-0.15, -0.1) is 0 Å². The average molecular weight is 409 g/mol. The quantitative estimate of drug-likeness (QED) is 0.766. The van der Waals surface area contributed by atoms with Gasteiger partial charge in [-0.2, -0.15) is 0 Å². The molecule has 0 atom stereocenters. The Balaban J connectivity index is 1.63. The van der Waals surface area contributed by atoms with E-state index in [0.29, 0.717) is 42.9 Å². The number of piperidine rings is 1. The lowest BCUT2D eigenvalue weighted by Gasteiger charge is -2.31. The number of carbonyl (C=O) groups is 3. The van der Waals surface area contributed by atoms with E-state index in [-0.39, 0.29) is 30.2 Å². The van der Waals surface area contributed by atoms with Crippen LogP contribution in [0.5, 0.6) is 5.75 Å². The number of anilines is 1. The second-order valence-electron chi connectivity index (χ2n) is 7.62. The second-order valence-corrected chi connectivity index (χ2v) is 7.62. The van der Waals surface area contributed by atoms with Crippen molar-refractivity contribution in [2.75, 3.05) is 25.0 Å². The molecule has 1 heterocycles. The number of likely N-dealkylation sites (tertiary alicyclic amines) is 1. The topological polar surface area (TPSA) is 102 Å². The number of nitrogens with one attached hydrogen (secondary N) is 1. The van der Waals surface area contributed by atoms with Gasteiger partial charge in [-0.3, -0.25) is 14.4 Å². The van der Waals surface area contributed by atoms with Gasteiger partial charge in [0.05, 0.1) is 11.3 Å². The molecule has 1 fully saturated rings. The molecule has 7 nitrogen and oxygen atoms in total. The Labute approximate surface area is 176 Å². The van der Waals surface area contributed by atoms with E-state index in [0.717, 1.165) is 11.1 Å². The van der Waals surface area contributed by atoms with Gasteiger partial charge < -0.3 is 20.7 Å². The highest BCUT2D eigenvalue weighted by molar-refractivity contribution is 6.04. The Morgan fingerprint density at radius 1 is 1.10 bits per heavy atom. The van der Waals surface area contributed by atoms with Crippen molar-refractivity contribution in [1.29, 1.82) is 0 Å². The van der Waals surface area contributed by atoms with E-state index in [1.54, 1.807) is 29.2 Å². The molecule has 2 aromatic carbocycles. The zero-order valence-corrected chi connectivity index (χ0v) is 17.3. The number of nitrogens with two attached hydrogens (primary N) is 1. The summed E-state index contributed by atoms with van der Waals surface area (Å²) in [6.45, 7) is 4.65. The second kappa shape index (κ2) is 9.43. The summed E-state index contributed by atoms with van der Waals surface area (Å²) < 4.78 is 5.65.